The van der Waals surface area contributed by atoms with Crippen LogP contribution in [-0.2, 0) is 4.74 Å². The average Bonchev–Trinajstić information content (AvgIpc) is 2.82. The van der Waals surface area contributed by atoms with Crippen molar-refractivity contribution in [3.63, 3.8) is 0 Å². The number of hydrogen-bond acceptors (Lipinski definition) is 3. The maximum absolute atomic E-state index is 5.98. The van der Waals surface area contributed by atoms with E-state index in [1.807, 2.05) is 48.5 Å². The van der Waals surface area contributed by atoms with E-state index in [0.717, 1.165) is 11.5 Å². The van der Waals surface area contributed by atoms with Crippen LogP contribution in [0.1, 0.15) is 12.5 Å². The molecule has 2 unspecified atom stereocenters. The van der Waals surface area contributed by atoms with Crippen LogP contribution in [-0.4, -0.2) is 17.4 Å². The van der Waals surface area contributed by atoms with Crippen LogP contribution in [0.2, 0.25) is 0 Å². The molecule has 0 saturated carbocycles. The van der Waals surface area contributed by atoms with Gasteiger partial charge in [0.05, 0.1) is 6.04 Å². The van der Waals surface area contributed by atoms with Gasteiger partial charge in [-0.2, -0.15) is 0 Å². The summed E-state index contributed by atoms with van der Waals surface area (Å²) in [4.78, 5) is 5.82. The van der Waals surface area contributed by atoms with Crippen molar-refractivity contribution < 1.29 is 4.74 Å². The maximum atomic E-state index is 5.98. The van der Waals surface area contributed by atoms with Gasteiger partial charge in [0, 0.05) is 10.5 Å². The van der Waals surface area contributed by atoms with Crippen LogP contribution in [0.3, 0.4) is 0 Å². The Hall–Kier alpha value is -1.74. The third-order valence-electron chi connectivity index (χ3n) is 2.96. The molecule has 2 nitrogen and oxygen atoms in total. The molecule has 3 rings (SSSR count). The van der Waals surface area contributed by atoms with Gasteiger partial charge in [0.2, 0.25) is 5.90 Å². The minimum atomic E-state index is 0.0533. The molecule has 0 saturated heterocycles. The van der Waals surface area contributed by atoms with E-state index < -0.39 is 0 Å². The zero-order chi connectivity index (χ0) is 13.1. The summed E-state index contributed by atoms with van der Waals surface area (Å²) in [6, 6.07) is 20.5. The molecule has 0 spiro atoms. The van der Waals surface area contributed by atoms with Gasteiger partial charge in [-0.3, -0.25) is 0 Å². The van der Waals surface area contributed by atoms with Crippen molar-refractivity contribution in [3.8, 4) is 0 Å². The molecule has 2 atom stereocenters. The van der Waals surface area contributed by atoms with Gasteiger partial charge in [-0.05, 0) is 31.2 Å². The van der Waals surface area contributed by atoms with E-state index in [-0.39, 0.29) is 11.5 Å². The molecule has 0 radical (unpaired) electrons. The van der Waals surface area contributed by atoms with Crippen molar-refractivity contribution in [2.45, 2.75) is 23.3 Å². The number of ether oxygens (including phenoxy) is 1. The molecule has 1 heterocycles. The molecule has 0 fully saturated rings. The lowest BCUT2D eigenvalue weighted by atomic mass is 10.2. The Morgan fingerprint density at radius 3 is 2.26 bits per heavy atom. The lowest BCUT2D eigenvalue weighted by Gasteiger charge is -2.14. The van der Waals surface area contributed by atoms with Gasteiger partial charge in [-0.25, -0.2) is 4.99 Å². The molecule has 0 aromatic heterocycles. The fourth-order valence-electron chi connectivity index (χ4n) is 1.96. The molecule has 0 amide bonds. The largest absolute Gasteiger partial charge is 0.460 e. The summed E-state index contributed by atoms with van der Waals surface area (Å²) in [5.74, 6) is 0.751. The lowest BCUT2D eigenvalue weighted by Crippen LogP contribution is -2.15. The van der Waals surface area contributed by atoms with Gasteiger partial charge in [0.1, 0.15) is 0 Å². The molecule has 19 heavy (non-hydrogen) atoms. The third-order valence-corrected chi connectivity index (χ3v) is 4.23. The fourth-order valence-corrected chi connectivity index (χ4v) is 2.94. The van der Waals surface area contributed by atoms with Crippen molar-refractivity contribution in [2.75, 3.05) is 0 Å². The molecule has 3 heteroatoms. The van der Waals surface area contributed by atoms with E-state index in [0.29, 0.717) is 0 Å². The number of benzene rings is 2. The Kier molecular flexibility index (Phi) is 3.56. The molecule has 0 aliphatic carbocycles. The van der Waals surface area contributed by atoms with Crippen molar-refractivity contribution in [1.29, 1.82) is 0 Å². The highest BCUT2D eigenvalue weighted by molar-refractivity contribution is 7.99. The summed E-state index contributed by atoms with van der Waals surface area (Å²) in [7, 11) is 0. The smallest absolute Gasteiger partial charge is 0.217 e. The van der Waals surface area contributed by atoms with Gasteiger partial charge in [-0.15, -0.1) is 0 Å². The van der Waals surface area contributed by atoms with E-state index in [9.17, 15) is 0 Å². The summed E-state index contributed by atoms with van der Waals surface area (Å²) in [5.41, 5.74) is 1.10. The van der Waals surface area contributed by atoms with Crippen LogP contribution in [0.5, 0.6) is 0 Å². The van der Waals surface area contributed by atoms with Gasteiger partial charge in [0.25, 0.3) is 0 Å². The third kappa shape index (κ3) is 2.82. The average molecular weight is 269 g/mol. The summed E-state index contributed by atoms with van der Waals surface area (Å²) < 4.78 is 5.98. The maximum Gasteiger partial charge on any atom is 0.217 e. The molecule has 2 aromatic carbocycles. The SMILES string of the molecule is CC1N=C(c2ccccc2)OC1Sc1ccccc1. The normalized spacial score (nSPS) is 21.8. The highest BCUT2D eigenvalue weighted by Crippen LogP contribution is 2.31. The molecular formula is C16H15NOS. The van der Waals surface area contributed by atoms with Crippen LogP contribution >= 0.6 is 11.8 Å². The Balaban J connectivity index is 1.72. The summed E-state index contributed by atoms with van der Waals surface area (Å²) >= 11 is 1.72. The zero-order valence-corrected chi connectivity index (χ0v) is 11.5. The first-order valence-corrected chi connectivity index (χ1v) is 7.22. The predicted octanol–water partition coefficient (Wildman–Crippen LogP) is 3.97. The zero-order valence-electron chi connectivity index (χ0n) is 10.7. The van der Waals surface area contributed by atoms with Crippen molar-refractivity contribution >= 4 is 17.7 Å². The minimum absolute atomic E-state index is 0.0533. The molecular weight excluding hydrogens is 254 g/mol. The number of aliphatic imine (C=N–C) groups is 1. The Labute approximate surface area is 117 Å². The number of rotatable bonds is 3. The standard InChI is InChI=1S/C16H15NOS/c1-12-16(19-14-10-6-3-7-11-14)18-15(17-12)13-8-4-2-5-9-13/h2-12,16H,1H3. The van der Waals surface area contributed by atoms with Gasteiger partial charge in [0.15, 0.2) is 5.44 Å². The quantitative estimate of drug-likeness (QED) is 0.841. The molecule has 1 aliphatic rings. The second-order valence-corrected chi connectivity index (χ2v) is 5.63. The Morgan fingerprint density at radius 1 is 0.947 bits per heavy atom. The number of thioether (sulfide) groups is 1. The highest BCUT2D eigenvalue weighted by Gasteiger charge is 2.28. The van der Waals surface area contributed by atoms with Crippen molar-refractivity contribution in [2.24, 2.45) is 4.99 Å². The topological polar surface area (TPSA) is 21.6 Å². The van der Waals surface area contributed by atoms with Gasteiger partial charge < -0.3 is 4.74 Å². The molecule has 2 aromatic rings. The van der Waals surface area contributed by atoms with Gasteiger partial charge in [-0.1, -0.05) is 48.2 Å². The summed E-state index contributed by atoms with van der Waals surface area (Å²) in [6.45, 7) is 2.09. The second-order valence-electron chi connectivity index (χ2n) is 4.46. The summed E-state index contributed by atoms with van der Waals surface area (Å²) in [5, 5.41) is 0. The monoisotopic (exact) mass is 269 g/mol. The Morgan fingerprint density at radius 2 is 1.58 bits per heavy atom. The number of nitrogens with zero attached hydrogens (tertiary/aromatic N) is 1. The minimum Gasteiger partial charge on any atom is -0.460 e. The van der Waals surface area contributed by atoms with Crippen LogP contribution in [0.4, 0.5) is 0 Å². The first kappa shape index (κ1) is 12.3. The van der Waals surface area contributed by atoms with Crippen LogP contribution < -0.4 is 0 Å². The molecule has 96 valence electrons. The van der Waals surface area contributed by atoms with E-state index in [4.69, 9.17) is 4.74 Å². The van der Waals surface area contributed by atoms with Crippen LogP contribution in [0, 0.1) is 0 Å². The van der Waals surface area contributed by atoms with Crippen molar-refractivity contribution in [1.82, 2.24) is 0 Å². The van der Waals surface area contributed by atoms with Crippen molar-refractivity contribution in [3.05, 3.63) is 66.2 Å². The summed E-state index contributed by atoms with van der Waals surface area (Å²) in [6.07, 6.45) is 0. The molecule has 1 aliphatic heterocycles. The lowest BCUT2D eigenvalue weighted by molar-refractivity contribution is 0.288. The fraction of sp³-hybridized carbons (Fsp3) is 0.188. The van der Waals surface area contributed by atoms with E-state index in [1.54, 1.807) is 11.8 Å². The van der Waals surface area contributed by atoms with Crippen LogP contribution in [0.25, 0.3) is 0 Å². The predicted molar refractivity (Wildman–Crippen MR) is 79.6 cm³/mol. The van der Waals surface area contributed by atoms with E-state index in [1.165, 1.54) is 4.90 Å². The molecule has 0 bridgehead atoms. The van der Waals surface area contributed by atoms with Gasteiger partial charge >= 0.3 is 0 Å². The number of hydrogen-bond donors (Lipinski definition) is 0. The first-order valence-electron chi connectivity index (χ1n) is 6.34. The second kappa shape index (κ2) is 5.49. The van der Waals surface area contributed by atoms with E-state index >= 15 is 0 Å². The first-order chi connectivity index (χ1) is 9.33. The van der Waals surface area contributed by atoms with Crippen LogP contribution in [0.15, 0.2) is 70.6 Å². The van der Waals surface area contributed by atoms with E-state index in [2.05, 4.69) is 24.0 Å². The Bertz CT molecular complexity index is 568. The highest BCUT2D eigenvalue weighted by atomic mass is 32.2. The molecule has 0 N–H and O–H groups in total.